The maximum absolute atomic E-state index is 2.64. The summed E-state index contributed by atoms with van der Waals surface area (Å²) >= 11 is 0. The van der Waals surface area contributed by atoms with E-state index in [1.807, 2.05) is 0 Å². The van der Waals surface area contributed by atoms with Crippen LogP contribution in [0.25, 0.3) is 66.1 Å². The summed E-state index contributed by atoms with van der Waals surface area (Å²) in [5.74, 6) is 0. The summed E-state index contributed by atoms with van der Waals surface area (Å²) in [5.41, 5.74) is 20.6. The lowest BCUT2D eigenvalue weighted by Crippen LogP contribution is -2.21. The fraction of sp³-hybridized carbons (Fsp3) is 0.138. The van der Waals surface area contributed by atoms with Crippen LogP contribution in [0.1, 0.15) is 47.9 Å². The normalized spacial score (nSPS) is 13.6. The Kier molecular flexibility index (Phi) is 9.16. The fourth-order valence-corrected chi connectivity index (χ4v) is 10.4. The molecule has 11 rings (SSSR count). The van der Waals surface area contributed by atoms with E-state index in [2.05, 4.69) is 193 Å². The minimum Gasteiger partial charge on any atom is -0.310 e. The van der Waals surface area contributed by atoms with Crippen LogP contribution in [0.4, 0.5) is 17.1 Å². The summed E-state index contributed by atoms with van der Waals surface area (Å²) in [6.07, 6.45) is 9.45. The van der Waals surface area contributed by atoms with E-state index < -0.39 is 0 Å². The minimum atomic E-state index is 1.11. The van der Waals surface area contributed by atoms with Crippen molar-refractivity contribution in [3.8, 4) is 44.5 Å². The van der Waals surface area contributed by atoms with Gasteiger partial charge in [0.2, 0.25) is 0 Å². The third kappa shape index (κ3) is 6.24. The van der Waals surface area contributed by atoms with Gasteiger partial charge in [0.05, 0.1) is 5.69 Å². The zero-order chi connectivity index (χ0) is 39.1. The van der Waals surface area contributed by atoms with E-state index in [0.29, 0.717) is 0 Å². The van der Waals surface area contributed by atoms with Gasteiger partial charge in [-0.3, -0.25) is 0 Å². The van der Waals surface area contributed by atoms with Crippen molar-refractivity contribution in [1.82, 2.24) is 0 Å². The summed E-state index contributed by atoms with van der Waals surface area (Å²) in [6.45, 7) is 0. The summed E-state index contributed by atoms with van der Waals surface area (Å²) in [7, 11) is 0. The molecule has 0 N–H and O–H groups in total. The second-order valence-corrected chi connectivity index (χ2v) is 16.4. The van der Waals surface area contributed by atoms with Crippen molar-refractivity contribution < 1.29 is 0 Å². The zero-order valence-corrected chi connectivity index (χ0v) is 33.5. The Balaban J connectivity index is 1.12. The summed E-state index contributed by atoms with van der Waals surface area (Å²) in [4.78, 5) is 2.64. The first kappa shape index (κ1) is 35.5. The van der Waals surface area contributed by atoms with Crippen LogP contribution in [-0.4, -0.2) is 0 Å². The summed E-state index contributed by atoms with van der Waals surface area (Å²) in [6, 6.07) is 69.8. The Labute approximate surface area is 348 Å². The van der Waals surface area contributed by atoms with Gasteiger partial charge in [0.25, 0.3) is 0 Å². The van der Waals surface area contributed by atoms with Crippen molar-refractivity contribution in [2.45, 2.75) is 51.4 Å². The van der Waals surface area contributed by atoms with Crippen LogP contribution >= 0.6 is 0 Å². The molecule has 0 fully saturated rings. The van der Waals surface area contributed by atoms with Gasteiger partial charge in [-0.05, 0) is 164 Å². The second kappa shape index (κ2) is 15.2. The molecule has 59 heavy (non-hydrogen) atoms. The first-order valence-electron chi connectivity index (χ1n) is 21.6. The standard InChI is InChI=1S/C58H47N/c1-4-18-40(19-5-1)41-32-36-45(37-33-41)59(58-53-30-16-14-28-51(53)56(43-22-8-3-9-23-43)52-29-15-17-31-54(52)58)46-38-34-44(35-39-46)57-49-26-12-10-24-47(49)55(42-20-6-2-7-21-42)48-25-11-13-27-50(48)57/h1-13,18-27,32-39H,14-17,28-31H2. The Morgan fingerprint density at radius 1 is 0.254 bits per heavy atom. The largest absolute Gasteiger partial charge is 0.310 e. The van der Waals surface area contributed by atoms with Crippen LogP contribution in [0.3, 0.4) is 0 Å². The van der Waals surface area contributed by atoms with Gasteiger partial charge in [-0.25, -0.2) is 0 Å². The van der Waals surface area contributed by atoms with Gasteiger partial charge in [0.1, 0.15) is 0 Å². The molecule has 9 aromatic rings. The number of nitrogens with zero attached hydrogens (tertiary/aromatic N) is 1. The molecule has 2 aliphatic carbocycles. The van der Waals surface area contributed by atoms with E-state index in [0.717, 1.165) is 25.7 Å². The van der Waals surface area contributed by atoms with Crippen molar-refractivity contribution in [2.75, 3.05) is 4.90 Å². The van der Waals surface area contributed by atoms with E-state index in [9.17, 15) is 0 Å². The highest BCUT2D eigenvalue weighted by Gasteiger charge is 2.31. The van der Waals surface area contributed by atoms with E-state index in [4.69, 9.17) is 0 Å². The average molecular weight is 758 g/mol. The summed E-state index contributed by atoms with van der Waals surface area (Å²) < 4.78 is 0. The van der Waals surface area contributed by atoms with Crippen molar-refractivity contribution in [3.05, 3.63) is 210 Å². The smallest absolute Gasteiger partial charge is 0.0531 e. The summed E-state index contributed by atoms with van der Waals surface area (Å²) in [5, 5.41) is 5.14. The highest BCUT2D eigenvalue weighted by atomic mass is 15.1. The molecule has 0 aliphatic heterocycles. The Morgan fingerprint density at radius 3 is 0.983 bits per heavy atom. The van der Waals surface area contributed by atoms with Crippen molar-refractivity contribution >= 4 is 38.6 Å². The predicted molar refractivity (Wildman–Crippen MR) is 251 cm³/mol. The van der Waals surface area contributed by atoms with Crippen LogP contribution in [0.2, 0.25) is 0 Å². The molecular weight excluding hydrogens is 711 g/mol. The van der Waals surface area contributed by atoms with Gasteiger partial charge in [0, 0.05) is 11.4 Å². The van der Waals surface area contributed by atoms with Gasteiger partial charge in [-0.2, -0.15) is 0 Å². The number of hydrogen-bond donors (Lipinski definition) is 0. The lowest BCUT2D eigenvalue weighted by atomic mass is 9.75. The molecule has 0 heterocycles. The third-order valence-electron chi connectivity index (χ3n) is 13.0. The van der Waals surface area contributed by atoms with E-state index in [1.165, 1.54) is 109 Å². The Bertz CT molecular complexity index is 2850. The molecule has 0 spiro atoms. The van der Waals surface area contributed by atoms with E-state index in [1.54, 1.807) is 22.3 Å². The molecule has 284 valence electrons. The van der Waals surface area contributed by atoms with Crippen LogP contribution < -0.4 is 4.90 Å². The topological polar surface area (TPSA) is 3.24 Å². The molecule has 0 aromatic heterocycles. The van der Waals surface area contributed by atoms with Gasteiger partial charge in [-0.1, -0.05) is 164 Å². The molecular formula is C58H47N. The van der Waals surface area contributed by atoms with Gasteiger partial charge >= 0.3 is 0 Å². The van der Waals surface area contributed by atoms with Crippen molar-refractivity contribution in [3.63, 3.8) is 0 Å². The van der Waals surface area contributed by atoms with Crippen LogP contribution in [0.5, 0.6) is 0 Å². The van der Waals surface area contributed by atoms with Gasteiger partial charge in [-0.15, -0.1) is 0 Å². The number of rotatable bonds is 7. The fourth-order valence-electron chi connectivity index (χ4n) is 10.4. The average Bonchev–Trinajstić information content (AvgIpc) is 3.32. The molecule has 0 saturated carbocycles. The zero-order valence-electron chi connectivity index (χ0n) is 33.5. The van der Waals surface area contributed by atoms with E-state index >= 15 is 0 Å². The van der Waals surface area contributed by atoms with Crippen LogP contribution in [0.15, 0.2) is 188 Å². The van der Waals surface area contributed by atoms with Crippen LogP contribution in [0, 0.1) is 0 Å². The molecule has 0 saturated heterocycles. The molecule has 0 atom stereocenters. The molecule has 0 bridgehead atoms. The first-order chi connectivity index (χ1) is 29.3. The first-order valence-corrected chi connectivity index (χ1v) is 21.6. The molecule has 1 nitrogen and oxygen atoms in total. The lowest BCUT2D eigenvalue weighted by molar-refractivity contribution is 0.661. The van der Waals surface area contributed by atoms with E-state index in [-0.39, 0.29) is 0 Å². The predicted octanol–water partition coefficient (Wildman–Crippen LogP) is 15.9. The highest BCUT2D eigenvalue weighted by molar-refractivity contribution is 6.21. The third-order valence-corrected chi connectivity index (χ3v) is 13.0. The Morgan fingerprint density at radius 2 is 0.559 bits per heavy atom. The number of fused-ring (bicyclic) bond motifs is 4. The second-order valence-electron chi connectivity index (χ2n) is 16.4. The van der Waals surface area contributed by atoms with Crippen LogP contribution in [-0.2, 0) is 25.7 Å². The highest BCUT2D eigenvalue weighted by Crippen LogP contribution is 2.51. The maximum atomic E-state index is 2.64. The molecule has 2 aliphatic rings. The number of benzene rings is 9. The molecule has 0 amide bonds. The molecule has 9 aromatic carbocycles. The SMILES string of the molecule is c1ccc(-c2ccc(N(c3ccc(-c4c5ccccc5c(-c5ccccc5)c5ccccc45)cc3)c3c4c(c(-c5ccccc5)c5c3CCCC5)CCCC4)cc2)cc1. The lowest BCUT2D eigenvalue weighted by Gasteiger charge is -2.37. The van der Waals surface area contributed by atoms with Crippen molar-refractivity contribution in [2.24, 2.45) is 0 Å². The molecule has 1 heteroatoms. The van der Waals surface area contributed by atoms with Gasteiger partial charge in [0.15, 0.2) is 0 Å². The van der Waals surface area contributed by atoms with Crippen molar-refractivity contribution in [1.29, 1.82) is 0 Å². The quantitative estimate of drug-likeness (QED) is 0.146. The van der Waals surface area contributed by atoms with Gasteiger partial charge < -0.3 is 4.90 Å². The number of anilines is 3. The Hall–Kier alpha value is -6.70. The minimum absolute atomic E-state index is 1.11. The molecule has 0 radical (unpaired) electrons. The maximum Gasteiger partial charge on any atom is 0.0531 e. The monoisotopic (exact) mass is 757 g/mol. The molecule has 0 unspecified atom stereocenters. The number of hydrogen-bond acceptors (Lipinski definition) is 1.